The Morgan fingerprint density at radius 3 is 2.07 bits per heavy atom. The predicted molar refractivity (Wildman–Crippen MR) is 104 cm³/mol. The van der Waals surface area contributed by atoms with Crippen molar-refractivity contribution in [2.75, 3.05) is 20.3 Å². The van der Waals surface area contributed by atoms with Gasteiger partial charge >= 0.3 is 11.9 Å². The number of esters is 2. The summed E-state index contributed by atoms with van der Waals surface area (Å²) in [6.07, 6.45) is 0.160. The lowest BCUT2D eigenvalue weighted by Crippen LogP contribution is -2.30. The van der Waals surface area contributed by atoms with Crippen LogP contribution in [0.25, 0.3) is 0 Å². The Hall–Kier alpha value is -3.02. The van der Waals surface area contributed by atoms with E-state index < -0.39 is 17.9 Å². The average Bonchev–Trinajstić information content (AvgIpc) is 2.71. The average molecular weight is 387 g/mol. The molecule has 2 aromatic carbocycles. The third-order valence-corrected chi connectivity index (χ3v) is 4.05. The lowest BCUT2D eigenvalue weighted by atomic mass is 10.1. The van der Waals surface area contributed by atoms with Crippen LogP contribution >= 0.6 is 0 Å². The molecule has 150 valence electrons. The Morgan fingerprint density at radius 2 is 1.50 bits per heavy atom. The van der Waals surface area contributed by atoms with E-state index >= 15 is 0 Å². The van der Waals surface area contributed by atoms with Crippen LogP contribution in [0.4, 0.5) is 0 Å². The Kier molecular flexibility index (Phi) is 8.34. The fourth-order valence-corrected chi connectivity index (χ4v) is 2.68. The van der Waals surface area contributed by atoms with Gasteiger partial charge in [0.05, 0.1) is 20.3 Å². The minimum absolute atomic E-state index is 0.160. The Balaban J connectivity index is 2.13. The zero-order valence-electron chi connectivity index (χ0n) is 16.5. The first kappa shape index (κ1) is 21.3. The number of benzene rings is 2. The number of carbonyl (C=O) groups is 2. The van der Waals surface area contributed by atoms with Gasteiger partial charge in [-0.1, -0.05) is 36.4 Å². The highest BCUT2D eigenvalue weighted by Gasteiger charge is 2.30. The van der Waals surface area contributed by atoms with Crippen molar-refractivity contribution in [3.05, 3.63) is 59.7 Å². The van der Waals surface area contributed by atoms with E-state index in [1.807, 2.05) is 30.3 Å². The van der Waals surface area contributed by atoms with E-state index in [1.54, 1.807) is 39.2 Å². The minimum atomic E-state index is -1.01. The van der Waals surface area contributed by atoms with Crippen molar-refractivity contribution in [1.82, 2.24) is 0 Å². The fraction of sp³-hybridized carbons (Fsp3) is 0.364. The van der Waals surface area contributed by atoms with Gasteiger partial charge in [-0.2, -0.15) is 0 Å². The van der Waals surface area contributed by atoms with Crippen molar-refractivity contribution in [3.63, 3.8) is 0 Å². The first-order valence-corrected chi connectivity index (χ1v) is 9.25. The molecule has 0 saturated heterocycles. The van der Waals surface area contributed by atoms with E-state index in [-0.39, 0.29) is 19.6 Å². The van der Waals surface area contributed by atoms with Crippen LogP contribution in [0.2, 0.25) is 0 Å². The summed E-state index contributed by atoms with van der Waals surface area (Å²) in [6.45, 7) is 4.20. The Labute approximate surface area is 165 Å². The minimum Gasteiger partial charge on any atom is -0.493 e. The molecule has 6 nitrogen and oxygen atoms in total. The summed E-state index contributed by atoms with van der Waals surface area (Å²) >= 11 is 0. The van der Waals surface area contributed by atoms with E-state index in [2.05, 4.69) is 0 Å². The molecule has 0 fully saturated rings. The van der Waals surface area contributed by atoms with Gasteiger partial charge in [0.25, 0.3) is 0 Å². The van der Waals surface area contributed by atoms with E-state index in [9.17, 15) is 9.59 Å². The van der Waals surface area contributed by atoms with Gasteiger partial charge in [0, 0.05) is 0 Å². The predicted octanol–water partition coefficient (Wildman–Crippen LogP) is 3.56. The van der Waals surface area contributed by atoms with Crippen LogP contribution in [0, 0.1) is 5.92 Å². The molecule has 2 rings (SSSR count). The van der Waals surface area contributed by atoms with Crippen LogP contribution < -0.4 is 9.47 Å². The van der Waals surface area contributed by atoms with Crippen LogP contribution in [0.1, 0.15) is 25.0 Å². The summed E-state index contributed by atoms with van der Waals surface area (Å²) < 4.78 is 21.3. The normalized spacial score (nSPS) is 10.4. The number of ether oxygens (including phenoxy) is 4. The quantitative estimate of drug-likeness (QED) is 0.353. The highest BCUT2D eigenvalue weighted by atomic mass is 16.6. The van der Waals surface area contributed by atoms with Crippen LogP contribution in [0.3, 0.4) is 0 Å². The lowest BCUT2D eigenvalue weighted by Gasteiger charge is -2.16. The maximum absolute atomic E-state index is 12.2. The van der Waals surface area contributed by atoms with Gasteiger partial charge in [-0.3, -0.25) is 9.59 Å². The molecule has 0 N–H and O–H groups in total. The summed E-state index contributed by atoms with van der Waals surface area (Å²) in [6, 6.07) is 15.1. The van der Waals surface area contributed by atoms with Gasteiger partial charge in [-0.25, -0.2) is 0 Å². The van der Waals surface area contributed by atoms with Crippen molar-refractivity contribution < 1.29 is 28.5 Å². The maximum Gasteiger partial charge on any atom is 0.320 e. The van der Waals surface area contributed by atoms with Gasteiger partial charge in [-0.15, -0.1) is 0 Å². The molecule has 0 heterocycles. The highest BCUT2D eigenvalue weighted by Crippen LogP contribution is 2.30. The first-order chi connectivity index (χ1) is 13.6. The molecule has 0 radical (unpaired) electrons. The molecule has 2 aromatic rings. The van der Waals surface area contributed by atoms with Crippen molar-refractivity contribution in [1.29, 1.82) is 0 Å². The second-order valence-corrected chi connectivity index (χ2v) is 6.02. The van der Waals surface area contributed by atoms with Crippen LogP contribution in [0.5, 0.6) is 11.5 Å². The van der Waals surface area contributed by atoms with Crippen molar-refractivity contribution in [3.8, 4) is 11.5 Å². The van der Waals surface area contributed by atoms with E-state index in [0.29, 0.717) is 18.1 Å². The molecule has 0 aliphatic heterocycles. The summed E-state index contributed by atoms with van der Waals surface area (Å²) in [4.78, 5) is 24.3. The third kappa shape index (κ3) is 6.01. The smallest absolute Gasteiger partial charge is 0.320 e. The van der Waals surface area contributed by atoms with Crippen LogP contribution in [-0.2, 0) is 32.1 Å². The van der Waals surface area contributed by atoms with Crippen molar-refractivity contribution >= 4 is 11.9 Å². The molecule has 0 saturated carbocycles. The third-order valence-electron chi connectivity index (χ3n) is 4.05. The van der Waals surface area contributed by atoms with Crippen molar-refractivity contribution in [2.24, 2.45) is 5.92 Å². The van der Waals surface area contributed by atoms with Gasteiger partial charge in [0.2, 0.25) is 0 Å². The van der Waals surface area contributed by atoms with Crippen LogP contribution in [0.15, 0.2) is 48.5 Å². The highest BCUT2D eigenvalue weighted by molar-refractivity contribution is 5.95. The zero-order valence-corrected chi connectivity index (χ0v) is 16.5. The molecule has 0 amide bonds. The zero-order chi connectivity index (χ0) is 20.4. The van der Waals surface area contributed by atoms with Gasteiger partial charge in [-0.05, 0) is 43.5 Å². The summed E-state index contributed by atoms with van der Waals surface area (Å²) in [7, 11) is 1.54. The Bertz CT molecular complexity index is 754. The first-order valence-electron chi connectivity index (χ1n) is 9.25. The lowest BCUT2D eigenvalue weighted by molar-refractivity contribution is -0.161. The van der Waals surface area contributed by atoms with Gasteiger partial charge in [0.15, 0.2) is 17.4 Å². The summed E-state index contributed by atoms with van der Waals surface area (Å²) in [5.74, 6) is -1.09. The standard InChI is InChI=1S/C22H26O6/c1-4-26-21(23)18(22(24)27-5-2)13-17-11-12-19(20(14-17)25-3)28-15-16-9-7-6-8-10-16/h6-12,14,18H,4-5,13,15H2,1-3H3/i13+1. The summed E-state index contributed by atoms with van der Waals surface area (Å²) in [5, 5.41) is 0. The molecule has 0 unspecified atom stereocenters. The van der Waals surface area contributed by atoms with Gasteiger partial charge < -0.3 is 18.9 Å². The number of carbonyl (C=O) groups excluding carboxylic acids is 2. The number of hydrogen-bond donors (Lipinski definition) is 0. The van der Waals surface area contributed by atoms with Gasteiger partial charge in [0.1, 0.15) is 6.61 Å². The molecule has 28 heavy (non-hydrogen) atoms. The van der Waals surface area contributed by atoms with Crippen LogP contribution in [-0.4, -0.2) is 32.3 Å². The Morgan fingerprint density at radius 1 is 0.857 bits per heavy atom. The topological polar surface area (TPSA) is 71.1 Å². The van der Waals surface area contributed by atoms with E-state index in [0.717, 1.165) is 11.1 Å². The largest absolute Gasteiger partial charge is 0.493 e. The second kappa shape index (κ2) is 11.0. The molecule has 0 aliphatic carbocycles. The monoisotopic (exact) mass is 387 g/mol. The van der Waals surface area contributed by atoms with E-state index in [1.165, 1.54) is 0 Å². The molecule has 0 bridgehead atoms. The fourth-order valence-electron chi connectivity index (χ4n) is 2.68. The SMILES string of the molecule is CCOC(=O)C([13CH2]c1ccc(OCc2ccccc2)c(OC)c1)C(=O)OCC. The molecule has 0 aliphatic rings. The second-order valence-electron chi connectivity index (χ2n) is 6.02. The molecule has 0 aromatic heterocycles. The van der Waals surface area contributed by atoms with E-state index in [4.69, 9.17) is 18.9 Å². The molecular formula is C22H26O6. The van der Waals surface area contributed by atoms with Crippen molar-refractivity contribution in [2.45, 2.75) is 26.9 Å². The number of methoxy groups -OCH3 is 1. The molecular weight excluding hydrogens is 361 g/mol. The number of hydrogen-bond acceptors (Lipinski definition) is 6. The molecule has 0 spiro atoms. The maximum atomic E-state index is 12.2. The number of rotatable bonds is 10. The molecule has 6 heteroatoms. The molecule has 0 atom stereocenters. The summed E-state index contributed by atoms with van der Waals surface area (Å²) in [5.41, 5.74) is 1.79.